The van der Waals surface area contributed by atoms with Gasteiger partial charge in [0.1, 0.15) is 12.4 Å². The van der Waals surface area contributed by atoms with E-state index in [2.05, 4.69) is 6.58 Å². The molecule has 0 fully saturated rings. The van der Waals surface area contributed by atoms with Crippen LogP contribution in [0.15, 0.2) is 41.8 Å². The molecule has 2 nitrogen and oxygen atoms in total. The van der Waals surface area contributed by atoms with Crippen molar-refractivity contribution >= 4 is 16.9 Å². The Balaban J connectivity index is 2.58. The molecule has 0 atom stereocenters. The predicted octanol–water partition coefficient (Wildman–Crippen LogP) is 2.89. The van der Waals surface area contributed by atoms with Gasteiger partial charge < -0.3 is 4.74 Å². The van der Waals surface area contributed by atoms with Crippen LogP contribution in [-0.2, 0) is 4.79 Å². The normalized spacial score (nSPS) is 9.50. The molecule has 0 aliphatic heterocycles. The first-order valence-electron chi connectivity index (χ1n) is 4.24. The lowest BCUT2D eigenvalue weighted by Gasteiger charge is -2.03. The molecule has 0 saturated carbocycles. The third-order valence-corrected chi connectivity index (χ3v) is 2.25. The Morgan fingerprint density at radius 1 is 1.50 bits per heavy atom. The molecule has 0 aliphatic carbocycles. The van der Waals surface area contributed by atoms with Crippen molar-refractivity contribution in [3.8, 4) is 5.75 Å². The summed E-state index contributed by atoms with van der Waals surface area (Å²) in [6.07, 6.45) is 1.69. The molecule has 1 aromatic rings. The highest BCUT2D eigenvalue weighted by Crippen LogP contribution is 2.21. The number of benzene rings is 1. The van der Waals surface area contributed by atoms with Crippen molar-refractivity contribution in [2.45, 2.75) is 11.8 Å². The second-order valence-electron chi connectivity index (χ2n) is 2.66. The molecule has 1 aromatic carbocycles. The summed E-state index contributed by atoms with van der Waals surface area (Å²) in [5, 5.41) is 0.0877. The number of carbonyl (C=O) groups is 1. The summed E-state index contributed by atoms with van der Waals surface area (Å²) in [5.41, 5.74) is 0. The zero-order valence-electron chi connectivity index (χ0n) is 8.03. The van der Waals surface area contributed by atoms with Crippen LogP contribution in [0, 0.1) is 0 Å². The molecule has 0 aromatic heterocycles. The van der Waals surface area contributed by atoms with Gasteiger partial charge in [0.05, 0.1) is 0 Å². The number of carbonyl (C=O) groups excluding carboxylic acids is 1. The lowest BCUT2D eigenvalue weighted by molar-refractivity contribution is -0.109. The highest BCUT2D eigenvalue weighted by atomic mass is 32.2. The molecular weight excluding hydrogens is 196 g/mol. The molecule has 0 unspecified atom stereocenters. The van der Waals surface area contributed by atoms with Gasteiger partial charge in [0, 0.05) is 11.8 Å². The zero-order valence-corrected chi connectivity index (χ0v) is 8.84. The average molecular weight is 208 g/mol. The van der Waals surface area contributed by atoms with Gasteiger partial charge >= 0.3 is 0 Å². The Bertz CT molecular complexity index is 317. The SMILES string of the molecule is C=CCOc1ccc(SC(C)=O)cc1. The lowest BCUT2D eigenvalue weighted by atomic mass is 10.3. The molecule has 74 valence electrons. The lowest BCUT2D eigenvalue weighted by Crippen LogP contribution is -1.92. The van der Waals surface area contributed by atoms with Crippen LogP contribution in [0.1, 0.15) is 6.92 Å². The van der Waals surface area contributed by atoms with Gasteiger partial charge in [-0.2, -0.15) is 0 Å². The molecule has 0 amide bonds. The number of ether oxygens (including phenoxy) is 1. The van der Waals surface area contributed by atoms with Gasteiger partial charge in [-0.15, -0.1) is 0 Å². The topological polar surface area (TPSA) is 26.3 Å². The summed E-state index contributed by atoms with van der Waals surface area (Å²) in [6.45, 7) is 5.61. The van der Waals surface area contributed by atoms with Crippen LogP contribution in [-0.4, -0.2) is 11.7 Å². The molecule has 0 saturated heterocycles. The smallest absolute Gasteiger partial charge is 0.190 e. The maximum Gasteiger partial charge on any atom is 0.190 e. The van der Waals surface area contributed by atoms with Crippen molar-refractivity contribution in [1.29, 1.82) is 0 Å². The van der Waals surface area contributed by atoms with Gasteiger partial charge in [0.15, 0.2) is 5.12 Å². The van der Waals surface area contributed by atoms with Crippen LogP contribution < -0.4 is 4.74 Å². The zero-order chi connectivity index (χ0) is 10.4. The monoisotopic (exact) mass is 208 g/mol. The van der Waals surface area contributed by atoms with E-state index in [1.165, 1.54) is 11.8 Å². The fourth-order valence-electron chi connectivity index (χ4n) is 0.925. The van der Waals surface area contributed by atoms with Gasteiger partial charge in [-0.1, -0.05) is 24.4 Å². The van der Waals surface area contributed by atoms with E-state index in [0.29, 0.717) is 6.61 Å². The van der Waals surface area contributed by atoms with Crippen molar-refractivity contribution < 1.29 is 9.53 Å². The van der Waals surface area contributed by atoms with Crippen LogP contribution in [0.4, 0.5) is 0 Å². The minimum atomic E-state index is 0.0877. The standard InChI is InChI=1S/C11H12O2S/c1-3-8-13-10-4-6-11(7-5-10)14-9(2)12/h3-7H,1,8H2,2H3. The van der Waals surface area contributed by atoms with Crippen LogP contribution in [0.3, 0.4) is 0 Å². The van der Waals surface area contributed by atoms with E-state index in [1.54, 1.807) is 13.0 Å². The molecule has 0 heterocycles. The van der Waals surface area contributed by atoms with E-state index in [4.69, 9.17) is 4.74 Å². The van der Waals surface area contributed by atoms with E-state index < -0.39 is 0 Å². The second-order valence-corrected chi connectivity index (χ2v) is 3.92. The van der Waals surface area contributed by atoms with Crippen molar-refractivity contribution in [3.05, 3.63) is 36.9 Å². The van der Waals surface area contributed by atoms with Crippen molar-refractivity contribution in [2.75, 3.05) is 6.61 Å². The summed E-state index contributed by atoms with van der Waals surface area (Å²) in [6, 6.07) is 7.42. The second kappa shape index (κ2) is 5.50. The molecule has 0 radical (unpaired) electrons. The highest BCUT2D eigenvalue weighted by molar-refractivity contribution is 8.13. The highest BCUT2D eigenvalue weighted by Gasteiger charge is 1.98. The summed E-state index contributed by atoms with van der Waals surface area (Å²) in [7, 11) is 0. The average Bonchev–Trinajstić information content (AvgIpc) is 2.16. The minimum absolute atomic E-state index is 0.0877. The maximum atomic E-state index is 10.8. The summed E-state index contributed by atoms with van der Waals surface area (Å²) in [4.78, 5) is 11.7. The van der Waals surface area contributed by atoms with Gasteiger partial charge in [-0.25, -0.2) is 0 Å². The minimum Gasteiger partial charge on any atom is -0.490 e. The van der Waals surface area contributed by atoms with E-state index in [1.807, 2.05) is 24.3 Å². The molecule has 0 aliphatic rings. The third kappa shape index (κ3) is 3.66. The van der Waals surface area contributed by atoms with Crippen molar-refractivity contribution in [2.24, 2.45) is 0 Å². The first kappa shape index (κ1) is 10.9. The van der Waals surface area contributed by atoms with E-state index in [-0.39, 0.29) is 5.12 Å². The summed E-state index contributed by atoms with van der Waals surface area (Å²) in [5.74, 6) is 0.790. The number of thioether (sulfide) groups is 1. The molecule has 1 rings (SSSR count). The molecule has 14 heavy (non-hydrogen) atoms. The summed E-state index contributed by atoms with van der Waals surface area (Å²) < 4.78 is 5.30. The molecular formula is C11H12O2S. The molecule has 3 heteroatoms. The van der Waals surface area contributed by atoms with Crippen LogP contribution in [0.25, 0.3) is 0 Å². The van der Waals surface area contributed by atoms with E-state index in [9.17, 15) is 4.79 Å². The van der Waals surface area contributed by atoms with Gasteiger partial charge in [-0.05, 0) is 24.3 Å². The van der Waals surface area contributed by atoms with E-state index in [0.717, 1.165) is 10.6 Å². The Morgan fingerprint density at radius 3 is 2.64 bits per heavy atom. The Kier molecular flexibility index (Phi) is 4.26. The fourth-order valence-corrected chi connectivity index (χ4v) is 1.53. The number of hydrogen-bond donors (Lipinski definition) is 0. The third-order valence-electron chi connectivity index (χ3n) is 1.45. The first-order valence-corrected chi connectivity index (χ1v) is 5.06. The maximum absolute atomic E-state index is 10.8. The Labute approximate surface area is 88.0 Å². The first-order chi connectivity index (χ1) is 6.72. The van der Waals surface area contributed by atoms with Gasteiger partial charge in [0.25, 0.3) is 0 Å². The molecule has 0 spiro atoms. The Hall–Kier alpha value is -1.22. The van der Waals surface area contributed by atoms with Gasteiger partial charge in [-0.3, -0.25) is 4.79 Å². The van der Waals surface area contributed by atoms with Crippen molar-refractivity contribution in [3.63, 3.8) is 0 Å². The molecule has 0 bridgehead atoms. The van der Waals surface area contributed by atoms with Gasteiger partial charge in [0.2, 0.25) is 0 Å². The van der Waals surface area contributed by atoms with Crippen LogP contribution >= 0.6 is 11.8 Å². The van der Waals surface area contributed by atoms with Crippen LogP contribution in [0.2, 0.25) is 0 Å². The number of rotatable bonds is 4. The summed E-state index contributed by atoms with van der Waals surface area (Å²) >= 11 is 1.22. The fraction of sp³-hybridized carbons (Fsp3) is 0.182. The largest absolute Gasteiger partial charge is 0.490 e. The Morgan fingerprint density at radius 2 is 2.14 bits per heavy atom. The predicted molar refractivity (Wildman–Crippen MR) is 58.7 cm³/mol. The van der Waals surface area contributed by atoms with E-state index >= 15 is 0 Å². The number of hydrogen-bond acceptors (Lipinski definition) is 3. The quantitative estimate of drug-likeness (QED) is 0.562. The molecule has 0 N–H and O–H groups in total. The van der Waals surface area contributed by atoms with Crippen molar-refractivity contribution in [1.82, 2.24) is 0 Å². The van der Waals surface area contributed by atoms with Crippen LogP contribution in [0.5, 0.6) is 5.75 Å².